The summed E-state index contributed by atoms with van der Waals surface area (Å²) in [5.41, 5.74) is 0.743. The fraction of sp³-hybridized carbons (Fsp3) is 0.167. The van der Waals surface area contributed by atoms with Gasteiger partial charge in [-0.25, -0.2) is 0 Å². The minimum Gasteiger partial charge on any atom is -0.493 e. The highest BCUT2D eigenvalue weighted by Crippen LogP contribution is 2.31. The van der Waals surface area contributed by atoms with Crippen LogP contribution in [0.15, 0.2) is 59.5 Å². The summed E-state index contributed by atoms with van der Waals surface area (Å²) < 4.78 is 6.09. The van der Waals surface area contributed by atoms with Crippen molar-refractivity contribution in [3.63, 3.8) is 0 Å². The molecule has 0 aliphatic carbocycles. The Morgan fingerprint density at radius 1 is 1.21 bits per heavy atom. The van der Waals surface area contributed by atoms with Crippen LogP contribution in [0.25, 0.3) is 5.65 Å². The zero-order valence-electron chi connectivity index (χ0n) is 13.0. The Balaban J connectivity index is 2.23. The summed E-state index contributed by atoms with van der Waals surface area (Å²) in [6.07, 6.45) is 1.51. The monoisotopic (exact) mass is 324 g/mol. The van der Waals surface area contributed by atoms with Gasteiger partial charge in [0.1, 0.15) is 5.65 Å². The molecule has 0 saturated heterocycles. The third kappa shape index (κ3) is 2.86. The van der Waals surface area contributed by atoms with Crippen LogP contribution in [-0.4, -0.2) is 27.6 Å². The summed E-state index contributed by atoms with van der Waals surface area (Å²) in [6.45, 7) is 0. The van der Waals surface area contributed by atoms with E-state index in [9.17, 15) is 14.7 Å². The summed E-state index contributed by atoms with van der Waals surface area (Å²) in [5.74, 6) is -1.49. The van der Waals surface area contributed by atoms with Crippen LogP contribution in [0.3, 0.4) is 0 Å². The van der Waals surface area contributed by atoms with Crippen LogP contribution in [0.4, 0.5) is 0 Å². The van der Waals surface area contributed by atoms with Crippen LogP contribution in [0.2, 0.25) is 0 Å². The molecular formula is C18H16N2O4. The standard InChI is InChI=1S/C18H16N2O4/c1-24-15(21)11-13(12-7-3-2-4-8-12)16-17(22)19-14-9-5-6-10-20(14)18(16)23/h2-10,13,22H,11H2,1H3/t13-/m0/s1. The van der Waals surface area contributed by atoms with E-state index in [1.54, 1.807) is 36.5 Å². The summed E-state index contributed by atoms with van der Waals surface area (Å²) in [6, 6.07) is 14.1. The molecule has 0 aliphatic rings. The van der Waals surface area contributed by atoms with Gasteiger partial charge < -0.3 is 9.84 Å². The fourth-order valence-electron chi connectivity index (χ4n) is 2.72. The molecule has 0 spiro atoms. The zero-order chi connectivity index (χ0) is 17.1. The molecule has 1 aromatic carbocycles. The van der Waals surface area contributed by atoms with E-state index in [2.05, 4.69) is 4.98 Å². The lowest BCUT2D eigenvalue weighted by molar-refractivity contribution is -0.140. The topological polar surface area (TPSA) is 80.9 Å². The fourth-order valence-corrected chi connectivity index (χ4v) is 2.72. The van der Waals surface area contributed by atoms with Crippen LogP contribution in [0.1, 0.15) is 23.5 Å². The molecule has 0 saturated carbocycles. The number of pyridine rings is 1. The van der Waals surface area contributed by atoms with Crippen molar-refractivity contribution in [1.29, 1.82) is 0 Å². The van der Waals surface area contributed by atoms with Gasteiger partial charge in [-0.15, -0.1) is 0 Å². The quantitative estimate of drug-likeness (QED) is 0.743. The number of hydrogen-bond donors (Lipinski definition) is 1. The number of carbonyl (C=O) groups excluding carboxylic acids is 1. The number of fused-ring (bicyclic) bond motifs is 1. The van der Waals surface area contributed by atoms with Gasteiger partial charge in [0.05, 0.1) is 19.1 Å². The molecule has 6 heteroatoms. The van der Waals surface area contributed by atoms with Crippen LogP contribution >= 0.6 is 0 Å². The Kier molecular flexibility index (Phi) is 4.29. The van der Waals surface area contributed by atoms with Gasteiger partial charge >= 0.3 is 5.97 Å². The number of nitrogens with zero attached hydrogens (tertiary/aromatic N) is 2. The molecule has 122 valence electrons. The predicted octanol–water partition coefficient (Wildman–Crippen LogP) is 2.10. The Morgan fingerprint density at radius 2 is 1.92 bits per heavy atom. The average molecular weight is 324 g/mol. The number of rotatable bonds is 4. The largest absolute Gasteiger partial charge is 0.493 e. The van der Waals surface area contributed by atoms with Gasteiger partial charge in [0.2, 0.25) is 5.88 Å². The first-order valence-electron chi connectivity index (χ1n) is 7.44. The SMILES string of the molecule is COC(=O)C[C@@H](c1ccccc1)c1c(O)nc2ccccn2c1=O. The predicted molar refractivity (Wildman–Crippen MR) is 88.0 cm³/mol. The first-order chi connectivity index (χ1) is 11.6. The number of esters is 1. The van der Waals surface area contributed by atoms with E-state index < -0.39 is 17.4 Å². The molecular weight excluding hydrogens is 308 g/mol. The Morgan fingerprint density at radius 3 is 2.62 bits per heavy atom. The first-order valence-corrected chi connectivity index (χ1v) is 7.44. The summed E-state index contributed by atoms with van der Waals surface area (Å²) in [4.78, 5) is 28.7. The van der Waals surface area contributed by atoms with E-state index in [1.165, 1.54) is 11.5 Å². The maximum atomic E-state index is 12.8. The maximum Gasteiger partial charge on any atom is 0.306 e. The van der Waals surface area contributed by atoms with E-state index in [4.69, 9.17) is 4.74 Å². The van der Waals surface area contributed by atoms with Crippen molar-refractivity contribution in [3.8, 4) is 5.88 Å². The molecule has 3 aromatic rings. The number of aromatic hydroxyl groups is 1. The minimum absolute atomic E-state index is 0.0656. The van der Waals surface area contributed by atoms with Gasteiger partial charge in [0.25, 0.3) is 5.56 Å². The lowest BCUT2D eigenvalue weighted by Gasteiger charge is -2.17. The molecule has 1 N–H and O–H groups in total. The van der Waals surface area contributed by atoms with Crippen molar-refractivity contribution in [2.75, 3.05) is 7.11 Å². The summed E-state index contributed by atoms with van der Waals surface area (Å²) in [5, 5.41) is 10.3. The molecule has 3 rings (SSSR count). The number of methoxy groups -OCH3 is 1. The third-order valence-corrected chi connectivity index (χ3v) is 3.90. The Hall–Kier alpha value is -3.15. The molecule has 0 radical (unpaired) electrons. The number of ether oxygens (including phenoxy) is 1. The molecule has 0 unspecified atom stereocenters. The number of carbonyl (C=O) groups is 1. The molecule has 6 nitrogen and oxygen atoms in total. The second-order valence-corrected chi connectivity index (χ2v) is 5.33. The lowest BCUT2D eigenvalue weighted by Crippen LogP contribution is -2.24. The molecule has 0 bridgehead atoms. The van der Waals surface area contributed by atoms with E-state index in [1.807, 2.05) is 18.2 Å². The van der Waals surface area contributed by atoms with Gasteiger partial charge in [-0.05, 0) is 17.7 Å². The normalized spacial score (nSPS) is 12.0. The van der Waals surface area contributed by atoms with Gasteiger partial charge in [-0.3, -0.25) is 14.0 Å². The summed E-state index contributed by atoms with van der Waals surface area (Å²) in [7, 11) is 1.29. The molecule has 1 atom stereocenters. The van der Waals surface area contributed by atoms with Gasteiger partial charge in [0, 0.05) is 12.1 Å². The van der Waals surface area contributed by atoms with Crippen molar-refractivity contribution in [3.05, 3.63) is 76.2 Å². The third-order valence-electron chi connectivity index (χ3n) is 3.90. The van der Waals surface area contributed by atoms with Crippen molar-refractivity contribution in [2.24, 2.45) is 0 Å². The Bertz CT molecular complexity index is 935. The highest BCUT2D eigenvalue weighted by atomic mass is 16.5. The van der Waals surface area contributed by atoms with Crippen LogP contribution < -0.4 is 5.56 Å². The molecule has 24 heavy (non-hydrogen) atoms. The number of hydrogen-bond acceptors (Lipinski definition) is 5. The smallest absolute Gasteiger partial charge is 0.306 e. The maximum absolute atomic E-state index is 12.8. The van der Waals surface area contributed by atoms with Crippen molar-refractivity contribution < 1.29 is 14.6 Å². The van der Waals surface area contributed by atoms with Crippen LogP contribution in [0.5, 0.6) is 5.88 Å². The first kappa shape index (κ1) is 15.7. The average Bonchev–Trinajstić information content (AvgIpc) is 2.61. The van der Waals surface area contributed by atoms with Crippen LogP contribution in [-0.2, 0) is 9.53 Å². The second-order valence-electron chi connectivity index (χ2n) is 5.33. The Labute approximate surface area is 138 Å². The van der Waals surface area contributed by atoms with E-state index in [0.717, 1.165) is 5.56 Å². The lowest BCUT2D eigenvalue weighted by atomic mass is 9.89. The number of benzene rings is 1. The highest BCUT2D eigenvalue weighted by molar-refractivity contribution is 5.71. The molecule has 0 fully saturated rings. The van der Waals surface area contributed by atoms with Gasteiger partial charge in [-0.1, -0.05) is 36.4 Å². The van der Waals surface area contributed by atoms with Gasteiger partial charge in [-0.2, -0.15) is 4.98 Å². The molecule has 2 aromatic heterocycles. The molecule has 2 heterocycles. The van der Waals surface area contributed by atoms with E-state index in [-0.39, 0.29) is 17.9 Å². The van der Waals surface area contributed by atoms with Crippen molar-refractivity contribution in [1.82, 2.24) is 9.38 Å². The van der Waals surface area contributed by atoms with Crippen molar-refractivity contribution in [2.45, 2.75) is 12.3 Å². The molecule has 0 amide bonds. The van der Waals surface area contributed by atoms with Crippen LogP contribution in [0, 0.1) is 0 Å². The zero-order valence-corrected chi connectivity index (χ0v) is 13.0. The minimum atomic E-state index is -0.643. The van der Waals surface area contributed by atoms with Crippen molar-refractivity contribution >= 4 is 11.6 Å². The highest BCUT2D eigenvalue weighted by Gasteiger charge is 2.26. The second kappa shape index (κ2) is 6.54. The number of aromatic nitrogens is 2. The van der Waals surface area contributed by atoms with E-state index in [0.29, 0.717) is 5.65 Å². The molecule has 0 aliphatic heterocycles. The van der Waals surface area contributed by atoms with E-state index >= 15 is 0 Å². The van der Waals surface area contributed by atoms with Gasteiger partial charge in [0.15, 0.2) is 0 Å². The summed E-state index contributed by atoms with van der Waals surface area (Å²) >= 11 is 0.